The SMILES string of the molecule is CC/C=C\C/C=C\C/C=C\C/C=C\CCCCCCCCCCCCCCCCC(=O)OCC(COC(=O)CCCCCCCCC/C=C\C/C=C\CCCCCC)OC(=O)CCCCCCCCC/C=C\C/C=C\CCCCCC. The zero-order valence-electron chi connectivity index (χ0n) is 53.5. The van der Waals surface area contributed by atoms with Gasteiger partial charge in [-0.05, 0) is 122 Å². The maximum Gasteiger partial charge on any atom is 0.306 e. The Morgan fingerprint density at radius 2 is 0.481 bits per heavy atom. The highest BCUT2D eigenvalue weighted by Gasteiger charge is 2.19. The van der Waals surface area contributed by atoms with Crippen LogP contribution in [0.2, 0.25) is 0 Å². The molecule has 0 aromatic carbocycles. The first-order chi connectivity index (χ1) is 40.0. The van der Waals surface area contributed by atoms with Gasteiger partial charge in [-0.15, -0.1) is 0 Å². The van der Waals surface area contributed by atoms with Gasteiger partial charge < -0.3 is 14.2 Å². The number of carbonyl (C=O) groups excluding carboxylic acids is 3. The van der Waals surface area contributed by atoms with Gasteiger partial charge in [0.2, 0.25) is 0 Å². The molecule has 0 saturated heterocycles. The highest BCUT2D eigenvalue weighted by atomic mass is 16.6. The van der Waals surface area contributed by atoms with Crippen molar-refractivity contribution in [2.75, 3.05) is 13.2 Å². The van der Waals surface area contributed by atoms with Crippen LogP contribution in [-0.4, -0.2) is 37.2 Å². The van der Waals surface area contributed by atoms with E-state index in [-0.39, 0.29) is 31.1 Å². The molecule has 0 aliphatic heterocycles. The molecule has 0 aromatic rings. The second-order valence-corrected chi connectivity index (χ2v) is 23.1. The van der Waals surface area contributed by atoms with Crippen LogP contribution in [0.3, 0.4) is 0 Å². The first kappa shape index (κ1) is 77.3. The second kappa shape index (κ2) is 68.8. The normalized spacial score (nSPS) is 12.7. The van der Waals surface area contributed by atoms with Crippen LogP contribution in [0.15, 0.2) is 97.2 Å². The van der Waals surface area contributed by atoms with Crippen molar-refractivity contribution in [1.29, 1.82) is 0 Å². The Bertz CT molecular complexity index is 1580. The van der Waals surface area contributed by atoms with Gasteiger partial charge in [0.1, 0.15) is 13.2 Å². The van der Waals surface area contributed by atoms with Crippen LogP contribution < -0.4 is 0 Å². The van der Waals surface area contributed by atoms with Gasteiger partial charge in [-0.1, -0.05) is 298 Å². The van der Waals surface area contributed by atoms with E-state index in [1.165, 1.54) is 193 Å². The zero-order chi connectivity index (χ0) is 58.5. The fourth-order valence-electron chi connectivity index (χ4n) is 9.85. The molecule has 0 rings (SSSR count). The summed E-state index contributed by atoms with van der Waals surface area (Å²) in [4.78, 5) is 38.5. The molecule has 0 aliphatic rings. The van der Waals surface area contributed by atoms with E-state index in [0.29, 0.717) is 19.3 Å². The molecule has 1 unspecified atom stereocenters. The summed E-state index contributed by atoms with van der Waals surface area (Å²) in [6.07, 6.45) is 92.8. The van der Waals surface area contributed by atoms with Gasteiger partial charge in [-0.2, -0.15) is 0 Å². The average Bonchev–Trinajstić information content (AvgIpc) is 3.47. The Hall–Kier alpha value is -3.67. The zero-order valence-corrected chi connectivity index (χ0v) is 53.5. The molecule has 0 saturated carbocycles. The number of allylic oxidation sites excluding steroid dienone is 16. The van der Waals surface area contributed by atoms with Crippen molar-refractivity contribution >= 4 is 17.9 Å². The van der Waals surface area contributed by atoms with Crippen LogP contribution in [0.25, 0.3) is 0 Å². The van der Waals surface area contributed by atoms with E-state index in [2.05, 4.69) is 118 Å². The van der Waals surface area contributed by atoms with Gasteiger partial charge in [0, 0.05) is 19.3 Å². The molecule has 0 N–H and O–H groups in total. The highest BCUT2D eigenvalue weighted by molar-refractivity contribution is 5.71. The minimum Gasteiger partial charge on any atom is -0.462 e. The van der Waals surface area contributed by atoms with Gasteiger partial charge >= 0.3 is 17.9 Å². The van der Waals surface area contributed by atoms with E-state index in [1.54, 1.807) is 0 Å². The molecule has 0 fully saturated rings. The van der Waals surface area contributed by atoms with E-state index in [0.717, 1.165) is 109 Å². The molecule has 81 heavy (non-hydrogen) atoms. The number of rotatable bonds is 63. The molecule has 0 amide bonds. The standard InChI is InChI=1S/C75H130O6/c1-4-7-10-13-16-19-22-25-28-31-34-35-36-37-38-39-40-41-42-45-47-50-53-56-59-62-65-68-74(77)80-71-72(81-75(78)69-66-63-60-57-54-51-48-44-33-30-27-24-21-18-15-12-9-6-3)70-79-73(76)67-64-61-58-55-52-49-46-43-32-29-26-23-20-17-14-11-8-5-2/h7,10,16,19-21,23-25,28-30,32-35,72H,4-6,8-9,11-15,17-18,22,26-27,31,36-71H2,1-3H3/b10-7-,19-16-,23-20-,24-21-,28-25-,32-29-,33-30-,35-34-. The van der Waals surface area contributed by atoms with Crippen LogP contribution in [0.4, 0.5) is 0 Å². The molecule has 0 aromatic heterocycles. The molecule has 6 heteroatoms. The van der Waals surface area contributed by atoms with E-state index in [4.69, 9.17) is 14.2 Å². The van der Waals surface area contributed by atoms with Gasteiger partial charge in [-0.3, -0.25) is 14.4 Å². The van der Waals surface area contributed by atoms with Gasteiger partial charge in [0.05, 0.1) is 0 Å². The van der Waals surface area contributed by atoms with Crippen LogP contribution in [-0.2, 0) is 28.6 Å². The lowest BCUT2D eigenvalue weighted by Crippen LogP contribution is -2.30. The van der Waals surface area contributed by atoms with Gasteiger partial charge in [-0.25, -0.2) is 0 Å². The average molecular weight is 1130 g/mol. The quantitative estimate of drug-likeness (QED) is 0.0261. The fourth-order valence-corrected chi connectivity index (χ4v) is 9.85. The third-order valence-electron chi connectivity index (χ3n) is 15.0. The predicted octanol–water partition coefficient (Wildman–Crippen LogP) is 24.0. The van der Waals surface area contributed by atoms with E-state index >= 15 is 0 Å². The van der Waals surface area contributed by atoms with Gasteiger partial charge in [0.25, 0.3) is 0 Å². The van der Waals surface area contributed by atoms with Crippen molar-refractivity contribution in [2.45, 2.75) is 348 Å². The maximum atomic E-state index is 12.9. The van der Waals surface area contributed by atoms with Crippen molar-refractivity contribution in [3.8, 4) is 0 Å². The largest absolute Gasteiger partial charge is 0.462 e. The first-order valence-electron chi connectivity index (χ1n) is 34.7. The molecule has 0 aliphatic carbocycles. The molecule has 6 nitrogen and oxygen atoms in total. The minimum atomic E-state index is -0.787. The molecule has 0 heterocycles. The van der Waals surface area contributed by atoms with Crippen molar-refractivity contribution in [3.63, 3.8) is 0 Å². The molecular formula is C75H130O6. The topological polar surface area (TPSA) is 78.9 Å². The number of esters is 3. The lowest BCUT2D eigenvalue weighted by molar-refractivity contribution is -0.167. The Morgan fingerprint density at radius 3 is 0.753 bits per heavy atom. The number of ether oxygens (including phenoxy) is 3. The van der Waals surface area contributed by atoms with Crippen molar-refractivity contribution < 1.29 is 28.6 Å². The van der Waals surface area contributed by atoms with Crippen LogP contribution in [0.5, 0.6) is 0 Å². The number of carbonyl (C=O) groups is 3. The summed E-state index contributed by atoms with van der Waals surface area (Å²) in [5, 5.41) is 0. The minimum absolute atomic E-state index is 0.0818. The summed E-state index contributed by atoms with van der Waals surface area (Å²) < 4.78 is 17.0. The summed E-state index contributed by atoms with van der Waals surface area (Å²) in [6.45, 7) is 6.52. The third kappa shape index (κ3) is 67.0. The van der Waals surface area contributed by atoms with Crippen LogP contribution >= 0.6 is 0 Å². The summed E-state index contributed by atoms with van der Waals surface area (Å²) in [6, 6.07) is 0. The molecule has 0 bridgehead atoms. The molecule has 1 atom stereocenters. The van der Waals surface area contributed by atoms with Crippen LogP contribution in [0, 0.1) is 0 Å². The molecule has 0 spiro atoms. The van der Waals surface area contributed by atoms with E-state index in [9.17, 15) is 14.4 Å². The smallest absolute Gasteiger partial charge is 0.306 e. The summed E-state index contributed by atoms with van der Waals surface area (Å²) in [5.41, 5.74) is 0. The summed E-state index contributed by atoms with van der Waals surface area (Å²) in [7, 11) is 0. The van der Waals surface area contributed by atoms with Crippen molar-refractivity contribution in [2.24, 2.45) is 0 Å². The lowest BCUT2D eigenvalue weighted by Gasteiger charge is -2.18. The Morgan fingerprint density at radius 1 is 0.259 bits per heavy atom. The molecular weight excluding hydrogens is 997 g/mol. The monoisotopic (exact) mass is 1130 g/mol. The number of hydrogen-bond donors (Lipinski definition) is 0. The summed E-state index contributed by atoms with van der Waals surface area (Å²) >= 11 is 0. The number of unbranched alkanes of at least 4 members (excludes halogenated alkanes) is 36. The molecule has 0 radical (unpaired) electrons. The van der Waals surface area contributed by atoms with E-state index < -0.39 is 6.10 Å². The highest BCUT2D eigenvalue weighted by Crippen LogP contribution is 2.17. The Kier molecular flexibility index (Phi) is 65.7. The Balaban J connectivity index is 4.33. The van der Waals surface area contributed by atoms with E-state index in [1.807, 2.05) is 0 Å². The predicted molar refractivity (Wildman–Crippen MR) is 353 cm³/mol. The molecule has 466 valence electrons. The fraction of sp³-hybridized carbons (Fsp3) is 0.747. The van der Waals surface area contributed by atoms with Crippen molar-refractivity contribution in [3.05, 3.63) is 97.2 Å². The maximum absolute atomic E-state index is 12.9. The lowest BCUT2D eigenvalue weighted by atomic mass is 10.0. The first-order valence-corrected chi connectivity index (χ1v) is 34.7. The van der Waals surface area contributed by atoms with Crippen LogP contribution in [0.1, 0.15) is 342 Å². The summed E-state index contributed by atoms with van der Waals surface area (Å²) in [5.74, 6) is -0.883. The Labute approximate surface area is 502 Å². The second-order valence-electron chi connectivity index (χ2n) is 23.1. The van der Waals surface area contributed by atoms with Gasteiger partial charge in [0.15, 0.2) is 6.10 Å². The van der Waals surface area contributed by atoms with Crippen molar-refractivity contribution in [1.82, 2.24) is 0 Å². The number of hydrogen-bond acceptors (Lipinski definition) is 6. The third-order valence-corrected chi connectivity index (χ3v) is 15.0.